The van der Waals surface area contributed by atoms with Crippen molar-refractivity contribution in [1.82, 2.24) is 0 Å². The topological polar surface area (TPSA) is 55.3 Å². The van der Waals surface area contributed by atoms with Crippen molar-refractivity contribution in [3.05, 3.63) is 35.9 Å². The first-order valence-corrected chi connectivity index (χ1v) is 3.86. The minimum atomic E-state index is 0.683. The Kier molecular flexibility index (Phi) is 1.52. The molecule has 1 aliphatic heterocycles. The van der Waals surface area contributed by atoms with Crippen molar-refractivity contribution < 1.29 is 0 Å². The van der Waals surface area contributed by atoms with E-state index in [1.807, 2.05) is 30.3 Å². The summed E-state index contributed by atoms with van der Waals surface area (Å²) in [5, 5.41) is 1.69. The zero-order chi connectivity index (χ0) is 8.55. The summed E-state index contributed by atoms with van der Waals surface area (Å²) < 4.78 is 0. The van der Waals surface area contributed by atoms with E-state index in [1.54, 1.807) is 5.01 Å². The molecular formula is C9H11N3. The average molecular weight is 161 g/mol. The Morgan fingerprint density at radius 3 is 2.75 bits per heavy atom. The monoisotopic (exact) mass is 161 g/mol. The van der Waals surface area contributed by atoms with Crippen molar-refractivity contribution in [2.24, 2.45) is 11.6 Å². The van der Waals surface area contributed by atoms with Crippen molar-refractivity contribution in [1.29, 1.82) is 0 Å². The van der Waals surface area contributed by atoms with Gasteiger partial charge in [0, 0.05) is 11.3 Å². The van der Waals surface area contributed by atoms with E-state index in [2.05, 4.69) is 0 Å². The first kappa shape index (κ1) is 7.18. The third-order valence-corrected chi connectivity index (χ3v) is 2.03. The zero-order valence-electron chi connectivity index (χ0n) is 6.70. The fourth-order valence-electron chi connectivity index (χ4n) is 1.37. The summed E-state index contributed by atoms with van der Waals surface area (Å²) in [5.41, 5.74) is 8.62. The first-order chi connectivity index (χ1) is 5.79. The Morgan fingerprint density at radius 1 is 1.25 bits per heavy atom. The molecule has 2 rings (SSSR count). The van der Waals surface area contributed by atoms with Crippen LogP contribution in [0.3, 0.4) is 0 Å². The molecular weight excluding hydrogens is 150 g/mol. The summed E-state index contributed by atoms with van der Waals surface area (Å²) in [4.78, 5) is 0. The standard InChI is InChI=1S/C9H11N3/c10-8-5-6-12(11)9-4-2-1-3-7(8)9/h1-5H,6,10-11H2. The van der Waals surface area contributed by atoms with E-state index in [4.69, 9.17) is 11.6 Å². The Hall–Kier alpha value is -1.48. The fraction of sp³-hybridized carbons (Fsp3) is 0.111. The Balaban J connectivity index is 2.58. The highest BCUT2D eigenvalue weighted by atomic mass is 15.4. The maximum atomic E-state index is 5.79. The number of nitrogens with zero attached hydrogens (tertiary/aromatic N) is 1. The molecule has 1 heterocycles. The molecule has 12 heavy (non-hydrogen) atoms. The molecule has 0 aromatic heterocycles. The van der Waals surface area contributed by atoms with Crippen LogP contribution in [-0.2, 0) is 0 Å². The van der Waals surface area contributed by atoms with Crippen LogP contribution < -0.4 is 16.6 Å². The van der Waals surface area contributed by atoms with Crippen LogP contribution in [0.4, 0.5) is 5.69 Å². The normalized spacial score (nSPS) is 15.4. The molecule has 0 amide bonds. The molecule has 0 radical (unpaired) electrons. The van der Waals surface area contributed by atoms with Crippen LogP contribution in [0.15, 0.2) is 30.3 Å². The molecule has 0 aliphatic carbocycles. The van der Waals surface area contributed by atoms with Gasteiger partial charge in [-0.1, -0.05) is 18.2 Å². The van der Waals surface area contributed by atoms with Crippen molar-refractivity contribution in [3.63, 3.8) is 0 Å². The summed E-state index contributed by atoms with van der Waals surface area (Å²) >= 11 is 0. The van der Waals surface area contributed by atoms with Crippen LogP contribution in [0.25, 0.3) is 5.70 Å². The van der Waals surface area contributed by atoms with E-state index < -0.39 is 0 Å². The molecule has 0 bridgehead atoms. The van der Waals surface area contributed by atoms with E-state index in [9.17, 15) is 0 Å². The van der Waals surface area contributed by atoms with Crippen LogP contribution >= 0.6 is 0 Å². The second-order valence-corrected chi connectivity index (χ2v) is 2.83. The highest BCUT2D eigenvalue weighted by Gasteiger charge is 2.12. The van der Waals surface area contributed by atoms with Gasteiger partial charge in [0.25, 0.3) is 0 Å². The smallest absolute Gasteiger partial charge is 0.0613 e. The van der Waals surface area contributed by atoms with Gasteiger partial charge in [0.2, 0.25) is 0 Å². The number of para-hydroxylation sites is 1. The molecule has 0 fully saturated rings. The fourth-order valence-corrected chi connectivity index (χ4v) is 1.37. The van der Waals surface area contributed by atoms with Crippen molar-refractivity contribution in [3.8, 4) is 0 Å². The first-order valence-electron chi connectivity index (χ1n) is 3.86. The lowest BCUT2D eigenvalue weighted by Gasteiger charge is -2.24. The van der Waals surface area contributed by atoms with E-state index in [1.165, 1.54) is 0 Å². The van der Waals surface area contributed by atoms with Crippen molar-refractivity contribution >= 4 is 11.4 Å². The molecule has 1 aromatic rings. The Morgan fingerprint density at radius 2 is 2.00 bits per heavy atom. The molecule has 0 unspecified atom stereocenters. The van der Waals surface area contributed by atoms with Crippen molar-refractivity contribution in [2.75, 3.05) is 11.6 Å². The highest BCUT2D eigenvalue weighted by Crippen LogP contribution is 2.25. The maximum Gasteiger partial charge on any atom is 0.0613 e. The number of hydrogen-bond acceptors (Lipinski definition) is 3. The lowest BCUT2D eigenvalue weighted by atomic mass is 10.1. The second kappa shape index (κ2) is 2.53. The molecule has 0 saturated heterocycles. The zero-order valence-corrected chi connectivity index (χ0v) is 6.70. The SMILES string of the molecule is NC1=CCN(N)c2ccccc21. The van der Waals surface area contributed by atoms with Gasteiger partial charge in [-0.25, -0.2) is 5.84 Å². The molecule has 62 valence electrons. The largest absolute Gasteiger partial charge is 0.398 e. The second-order valence-electron chi connectivity index (χ2n) is 2.83. The summed E-state index contributed by atoms with van der Waals surface area (Å²) in [6.07, 6.45) is 1.92. The summed E-state index contributed by atoms with van der Waals surface area (Å²) in [5.74, 6) is 5.74. The number of fused-ring (bicyclic) bond motifs is 1. The maximum absolute atomic E-state index is 5.79. The summed E-state index contributed by atoms with van der Waals surface area (Å²) in [6, 6.07) is 7.85. The quantitative estimate of drug-likeness (QED) is 0.550. The summed E-state index contributed by atoms with van der Waals surface area (Å²) in [6.45, 7) is 0.683. The molecule has 3 nitrogen and oxygen atoms in total. The Labute approximate surface area is 71.2 Å². The van der Waals surface area contributed by atoms with Gasteiger partial charge in [-0.2, -0.15) is 0 Å². The number of anilines is 1. The molecule has 0 atom stereocenters. The lowest BCUT2D eigenvalue weighted by Crippen LogP contribution is -2.34. The van der Waals surface area contributed by atoms with Gasteiger partial charge < -0.3 is 10.7 Å². The lowest BCUT2D eigenvalue weighted by molar-refractivity contribution is 0.925. The average Bonchev–Trinajstić information content (AvgIpc) is 2.12. The van der Waals surface area contributed by atoms with Gasteiger partial charge in [-0.15, -0.1) is 0 Å². The minimum Gasteiger partial charge on any atom is -0.398 e. The van der Waals surface area contributed by atoms with Gasteiger partial charge >= 0.3 is 0 Å². The van der Waals surface area contributed by atoms with E-state index in [-0.39, 0.29) is 0 Å². The highest BCUT2D eigenvalue weighted by molar-refractivity contribution is 5.77. The molecule has 1 aromatic carbocycles. The number of nitrogens with two attached hydrogens (primary N) is 2. The third-order valence-electron chi connectivity index (χ3n) is 2.03. The van der Waals surface area contributed by atoms with E-state index >= 15 is 0 Å². The number of hydrogen-bond donors (Lipinski definition) is 2. The molecule has 0 spiro atoms. The third kappa shape index (κ3) is 0.950. The summed E-state index contributed by atoms with van der Waals surface area (Å²) in [7, 11) is 0. The van der Waals surface area contributed by atoms with E-state index in [0.717, 1.165) is 16.9 Å². The molecule has 3 heteroatoms. The van der Waals surface area contributed by atoms with E-state index in [0.29, 0.717) is 6.54 Å². The predicted molar refractivity (Wildman–Crippen MR) is 50.1 cm³/mol. The van der Waals surface area contributed by atoms with Gasteiger partial charge in [0.05, 0.1) is 12.2 Å². The molecule has 4 N–H and O–H groups in total. The minimum absolute atomic E-state index is 0.683. The number of hydrazine groups is 1. The van der Waals surface area contributed by atoms with Gasteiger partial charge in [-0.05, 0) is 12.1 Å². The molecule has 0 saturated carbocycles. The van der Waals surface area contributed by atoms with Crippen LogP contribution in [0.1, 0.15) is 5.56 Å². The van der Waals surface area contributed by atoms with Crippen LogP contribution in [0.2, 0.25) is 0 Å². The predicted octanol–water partition coefficient (Wildman–Crippen LogP) is 0.680. The molecule has 1 aliphatic rings. The van der Waals surface area contributed by atoms with Crippen LogP contribution in [0.5, 0.6) is 0 Å². The number of rotatable bonds is 0. The van der Waals surface area contributed by atoms with Gasteiger partial charge in [0.15, 0.2) is 0 Å². The number of benzene rings is 1. The van der Waals surface area contributed by atoms with Crippen LogP contribution in [-0.4, -0.2) is 6.54 Å². The van der Waals surface area contributed by atoms with Crippen molar-refractivity contribution in [2.45, 2.75) is 0 Å². The van der Waals surface area contributed by atoms with Crippen LogP contribution in [0, 0.1) is 0 Å². The Bertz CT molecular complexity index is 330. The van der Waals surface area contributed by atoms with Gasteiger partial charge in [-0.3, -0.25) is 0 Å². The van der Waals surface area contributed by atoms with Gasteiger partial charge in [0.1, 0.15) is 0 Å².